The number of nitrogens with one attached hydrogen (secondary N) is 1. The van der Waals surface area contributed by atoms with Crippen molar-refractivity contribution in [3.63, 3.8) is 0 Å². The van der Waals surface area contributed by atoms with Crippen molar-refractivity contribution >= 4 is 31.9 Å². The van der Waals surface area contributed by atoms with Gasteiger partial charge in [0.1, 0.15) is 0 Å². The van der Waals surface area contributed by atoms with Crippen molar-refractivity contribution in [1.29, 1.82) is 0 Å². The predicted octanol–water partition coefficient (Wildman–Crippen LogP) is 1.25. The molecule has 0 radical (unpaired) electrons. The number of carbonyl (C=O) groups is 1. The maximum atomic E-state index is 12.4. The summed E-state index contributed by atoms with van der Waals surface area (Å²) in [5.41, 5.74) is 5.90. The largest absolute Gasteiger partial charge is 0.465 e. The van der Waals surface area contributed by atoms with Crippen LogP contribution in [0.25, 0.3) is 0 Å². The Balaban J connectivity index is 2.25. The van der Waals surface area contributed by atoms with Crippen molar-refractivity contribution in [3.8, 4) is 0 Å². The highest BCUT2D eigenvalue weighted by atomic mass is 79.9. The van der Waals surface area contributed by atoms with Crippen molar-refractivity contribution in [2.45, 2.75) is 23.8 Å². The van der Waals surface area contributed by atoms with Crippen molar-refractivity contribution < 1.29 is 17.9 Å². The van der Waals surface area contributed by atoms with Gasteiger partial charge in [-0.05, 0) is 52.9 Å². The summed E-state index contributed by atoms with van der Waals surface area (Å²) in [6.45, 7) is 0.266. The van der Waals surface area contributed by atoms with Crippen molar-refractivity contribution in [3.05, 3.63) is 28.2 Å². The molecule has 1 aliphatic rings. The molecule has 1 aliphatic carbocycles. The van der Waals surface area contributed by atoms with Gasteiger partial charge >= 0.3 is 5.97 Å². The molecule has 0 amide bonds. The minimum Gasteiger partial charge on any atom is -0.465 e. The van der Waals surface area contributed by atoms with Crippen LogP contribution < -0.4 is 10.5 Å². The number of sulfonamides is 1. The average molecular weight is 377 g/mol. The van der Waals surface area contributed by atoms with E-state index in [-0.39, 0.29) is 23.0 Å². The lowest BCUT2D eigenvalue weighted by Crippen LogP contribution is -2.41. The minimum absolute atomic E-state index is 0.0780. The Morgan fingerprint density at radius 2 is 2.19 bits per heavy atom. The highest BCUT2D eigenvalue weighted by Gasteiger charge is 2.34. The molecule has 6 nitrogen and oxygen atoms in total. The summed E-state index contributed by atoms with van der Waals surface area (Å²) in [6.07, 6.45) is 1.99. The monoisotopic (exact) mass is 376 g/mol. The highest BCUT2D eigenvalue weighted by Crippen LogP contribution is 2.33. The van der Waals surface area contributed by atoms with E-state index in [1.165, 1.54) is 25.3 Å². The van der Waals surface area contributed by atoms with Crippen LogP contribution >= 0.6 is 15.9 Å². The van der Waals surface area contributed by atoms with Gasteiger partial charge in [-0.1, -0.05) is 0 Å². The first-order valence-electron chi connectivity index (χ1n) is 6.49. The van der Waals surface area contributed by atoms with Crippen LogP contribution in [0.4, 0.5) is 0 Å². The van der Waals surface area contributed by atoms with Crippen LogP contribution in [0.1, 0.15) is 23.2 Å². The van der Waals surface area contributed by atoms with E-state index in [9.17, 15) is 13.2 Å². The summed E-state index contributed by atoms with van der Waals surface area (Å²) in [6, 6.07) is 3.97. The number of nitrogens with two attached hydrogens (primary N) is 1. The van der Waals surface area contributed by atoms with Crippen molar-refractivity contribution in [2.24, 2.45) is 11.7 Å². The highest BCUT2D eigenvalue weighted by molar-refractivity contribution is 9.10. The van der Waals surface area contributed by atoms with E-state index in [4.69, 9.17) is 5.73 Å². The molecule has 1 aromatic carbocycles. The molecule has 1 saturated carbocycles. The van der Waals surface area contributed by atoms with E-state index in [0.717, 1.165) is 12.8 Å². The first-order valence-corrected chi connectivity index (χ1v) is 8.77. The fourth-order valence-corrected chi connectivity index (χ4v) is 4.46. The fourth-order valence-electron chi connectivity index (χ4n) is 2.06. The zero-order valence-corrected chi connectivity index (χ0v) is 13.9. The van der Waals surface area contributed by atoms with E-state index in [0.29, 0.717) is 10.4 Å². The smallest absolute Gasteiger partial charge is 0.337 e. The van der Waals surface area contributed by atoms with E-state index in [1.54, 1.807) is 0 Å². The lowest BCUT2D eigenvalue weighted by atomic mass is 10.2. The first-order chi connectivity index (χ1) is 9.89. The van der Waals surface area contributed by atoms with Gasteiger partial charge in [-0.2, -0.15) is 0 Å². The second-order valence-corrected chi connectivity index (χ2v) is 7.47. The third-order valence-electron chi connectivity index (χ3n) is 3.39. The minimum atomic E-state index is -3.69. The van der Waals surface area contributed by atoms with Crippen LogP contribution in [0.5, 0.6) is 0 Å². The van der Waals surface area contributed by atoms with Gasteiger partial charge in [0.2, 0.25) is 10.0 Å². The Morgan fingerprint density at radius 3 is 2.67 bits per heavy atom. The molecule has 1 aromatic rings. The Bertz CT molecular complexity index is 644. The number of hydrogen-bond acceptors (Lipinski definition) is 5. The van der Waals surface area contributed by atoms with E-state index in [2.05, 4.69) is 25.4 Å². The molecule has 2 rings (SSSR count). The molecular weight excluding hydrogens is 360 g/mol. The van der Waals surface area contributed by atoms with Gasteiger partial charge < -0.3 is 10.5 Å². The second-order valence-electron chi connectivity index (χ2n) is 4.94. The molecule has 0 heterocycles. The van der Waals surface area contributed by atoms with Crippen LogP contribution in [-0.2, 0) is 14.8 Å². The number of hydrogen-bond donors (Lipinski definition) is 2. The number of esters is 1. The lowest BCUT2D eigenvalue weighted by molar-refractivity contribution is 0.0600. The number of carbonyl (C=O) groups excluding carboxylic acids is 1. The molecule has 0 saturated heterocycles. The quantitative estimate of drug-likeness (QED) is 0.727. The Kier molecular flexibility index (Phi) is 5.03. The molecule has 116 valence electrons. The van der Waals surface area contributed by atoms with Crippen LogP contribution in [0.15, 0.2) is 27.6 Å². The number of benzene rings is 1. The molecule has 0 spiro atoms. The molecule has 21 heavy (non-hydrogen) atoms. The van der Waals surface area contributed by atoms with Gasteiger partial charge in [0.15, 0.2) is 0 Å². The Morgan fingerprint density at radius 1 is 1.52 bits per heavy atom. The van der Waals surface area contributed by atoms with E-state index < -0.39 is 16.0 Å². The maximum Gasteiger partial charge on any atom is 0.337 e. The average Bonchev–Trinajstić information content (AvgIpc) is 3.28. The lowest BCUT2D eigenvalue weighted by Gasteiger charge is -2.17. The summed E-state index contributed by atoms with van der Waals surface area (Å²) < 4.78 is 32.3. The summed E-state index contributed by atoms with van der Waals surface area (Å²) in [5, 5.41) is 0. The number of rotatable bonds is 6. The molecule has 3 N–H and O–H groups in total. The summed E-state index contributed by atoms with van der Waals surface area (Å²) >= 11 is 3.19. The summed E-state index contributed by atoms with van der Waals surface area (Å²) in [5.74, 6) is -0.205. The fraction of sp³-hybridized carbons (Fsp3) is 0.462. The molecule has 1 fully saturated rings. The summed E-state index contributed by atoms with van der Waals surface area (Å²) in [7, 11) is -2.42. The normalized spacial score (nSPS) is 16.5. The Hall–Kier alpha value is -0.960. The van der Waals surface area contributed by atoms with Crippen LogP contribution in [0.3, 0.4) is 0 Å². The molecule has 0 aliphatic heterocycles. The number of methoxy groups -OCH3 is 1. The van der Waals surface area contributed by atoms with Gasteiger partial charge in [0.05, 0.1) is 17.6 Å². The van der Waals surface area contributed by atoms with E-state index in [1.807, 2.05) is 0 Å². The van der Waals surface area contributed by atoms with Crippen molar-refractivity contribution in [1.82, 2.24) is 4.72 Å². The summed E-state index contributed by atoms with van der Waals surface area (Å²) in [4.78, 5) is 11.5. The number of halogens is 1. The molecule has 0 aromatic heterocycles. The molecule has 1 unspecified atom stereocenters. The zero-order valence-electron chi connectivity index (χ0n) is 11.5. The zero-order chi connectivity index (χ0) is 15.6. The first kappa shape index (κ1) is 16.4. The predicted molar refractivity (Wildman–Crippen MR) is 81.4 cm³/mol. The van der Waals surface area contributed by atoms with Crippen LogP contribution in [-0.4, -0.2) is 34.1 Å². The standard InChI is InChI=1S/C13H17BrN2O4S/c1-20-13(17)9-4-5-12(10(14)6-9)21(18,19)16-11(7-15)8-2-3-8/h4-6,8,11,16H,2-3,7,15H2,1H3. The third-order valence-corrected chi connectivity index (χ3v) is 5.86. The molecular formula is C13H17BrN2O4S. The Labute approximate surface area is 132 Å². The molecule has 1 atom stereocenters. The third kappa shape index (κ3) is 3.82. The number of ether oxygens (including phenoxy) is 1. The van der Waals surface area contributed by atoms with Crippen LogP contribution in [0.2, 0.25) is 0 Å². The molecule has 8 heteroatoms. The van der Waals surface area contributed by atoms with Crippen molar-refractivity contribution in [2.75, 3.05) is 13.7 Å². The van der Waals surface area contributed by atoms with E-state index >= 15 is 0 Å². The SMILES string of the molecule is COC(=O)c1ccc(S(=O)(=O)NC(CN)C2CC2)c(Br)c1. The maximum absolute atomic E-state index is 12.4. The van der Waals surface area contributed by atoms with Crippen LogP contribution in [0, 0.1) is 5.92 Å². The molecule has 0 bridgehead atoms. The van der Waals surface area contributed by atoms with Gasteiger partial charge in [-0.3, -0.25) is 0 Å². The van der Waals surface area contributed by atoms with Gasteiger partial charge in [0, 0.05) is 17.1 Å². The van der Waals surface area contributed by atoms with Gasteiger partial charge in [-0.25, -0.2) is 17.9 Å². The van der Waals surface area contributed by atoms with Gasteiger partial charge in [-0.15, -0.1) is 0 Å². The second kappa shape index (κ2) is 6.43. The van der Waals surface area contributed by atoms with Gasteiger partial charge in [0.25, 0.3) is 0 Å². The topological polar surface area (TPSA) is 98.5 Å².